The Morgan fingerprint density at radius 2 is 1.61 bits per heavy atom. The molecular formula is C25H24N4O2. The summed E-state index contributed by atoms with van der Waals surface area (Å²) in [6.07, 6.45) is 0.986. The highest BCUT2D eigenvalue weighted by molar-refractivity contribution is 5.63. The molecule has 2 aromatic carbocycles. The molecule has 0 aliphatic carbocycles. The van der Waals surface area contributed by atoms with Crippen LogP contribution < -0.4 is 10.9 Å². The summed E-state index contributed by atoms with van der Waals surface area (Å²) in [7, 11) is 0. The van der Waals surface area contributed by atoms with Gasteiger partial charge in [-0.3, -0.25) is 4.79 Å². The minimum Gasteiger partial charge on any atom is -0.387 e. The van der Waals surface area contributed by atoms with Crippen molar-refractivity contribution in [1.82, 2.24) is 15.0 Å². The van der Waals surface area contributed by atoms with Crippen LogP contribution in [-0.4, -0.2) is 26.6 Å². The third kappa shape index (κ3) is 4.70. The third-order valence-electron chi connectivity index (χ3n) is 5.31. The number of H-pyrrole nitrogens is 1. The van der Waals surface area contributed by atoms with Crippen LogP contribution in [0.25, 0.3) is 22.5 Å². The Kier molecular flexibility index (Phi) is 5.91. The highest BCUT2D eigenvalue weighted by atomic mass is 16.3. The van der Waals surface area contributed by atoms with Crippen LogP contribution in [0, 0.1) is 13.8 Å². The van der Waals surface area contributed by atoms with Crippen molar-refractivity contribution < 1.29 is 5.11 Å². The van der Waals surface area contributed by atoms with Gasteiger partial charge in [0.1, 0.15) is 11.6 Å². The molecule has 2 aromatic heterocycles. The number of aromatic nitrogens is 3. The number of nitrogens with zero attached hydrogens (tertiary/aromatic N) is 2. The molecule has 0 bridgehead atoms. The van der Waals surface area contributed by atoms with Crippen molar-refractivity contribution in [1.29, 1.82) is 0 Å². The summed E-state index contributed by atoms with van der Waals surface area (Å²) in [6.45, 7) is 3.89. The van der Waals surface area contributed by atoms with E-state index in [2.05, 4.69) is 32.4 Å². The molecule has 0 saturated carbocycles. The van der Waals surface area contributed by atoms with E-state index in [-0.39, 0.29) is 5.56 Å². The summed E-state index contributed by atoms with van der Waals surface area (Å²) >= 11 is 0. The molecule has 0 aliphatic rings. The number of aliphatic hydroxyl groups excluding tert-OH is 1. The first-order valence-corrected chi connectivity index (χ1v) is 10.1. The molecule has 0 fully saturated rings. The van der Waals surface area contributed by atoms with Crippen LogP contribution in [-0.2, 0) is 0 Å². The lowest BCUT2D eigenvalue weighted by Gasteiger charge is -2.14. The van der Waals surface area contributed by atoms with Crippen LogP contribution in [0.15, 0.2) is 77.7 Å². The topological polar surface area (TPSA) is 90.9 Å². The van der Waals surface area contributed by atoms with Crippen LogP contribution >= 0.6 is 0 Å². The van der Waals surface area contributed by atoms with E-state index < -0.39 is 6.10 Å². The van der Waals surface area contributed by atoms with Gasteiger partial charge in [-0.1, -0.05) is 54.6 Å². The van der Waals surface area contributed by atoms with Crippen LogP contribution in [0.2, 0.25) is 0 Å². The molecule has 6 heteroatoms. The number of benzene rings is 2. The molecule has 0 spiro atoms. The molecule has 0 radical (unpaired) electrons. The second-order valence-electron chi connectivity index (χ2n) is 7.44. The van der Waals surface area contributed by atoms with Crippen LogP contribution in [0.5, 0.6) is 0 Å². The summed E-state index contributed by atoms with van der Waals surface area (Å²) < 4.78 is 0. The van der Waals surface area contributed by atoms with Crippen molar-refractivity contribution in [2.45, 2.75) is 20.0 Å². The van der Waals surface area contributed by atoms with Crippen molar-refractivity contribution in [3.05, 3.63) is 100 Å². The monoisotopic (exact) mass is 412 g/mol. The molecular weight excluding hydrogens is 388 g/mol. The van der Waals surface area contributed by atoms with E-state index in [4.69, 9.17) is 0 Å². The van der Waals surface area contributed by atoms with Gasteiger partial charge in [-0.05, 0) is 42.7 Å². The van der Waals surface area contributed by atoms with E-state index in [9.17, 15) is 9.90 Å². The quantitative estimate of drug-likeness (QED) is 0.440. The summed E-state index contributed by atoms with van der Waals surface area (Å²) in [6, 6.07) is 21.7. The number of pyridine rings is 1. The molecule has 0 aliphatic heterocycles. The lowest BCUT2D eigenvalue weighted by Crippen LogP contribution is -2.14. The first-order chi connectivity index (χ1) is 15.0. The normalized spacial score (nSPS) is 11.8. The van der Waals surface area contributed by atoms with Gasteiger partial charge in [-0.15, -0.1) is 0 Å². The summed E-state index contributed by atoms with van der Waals surface area (Å²) in [5.41, 5.74) is 4.98. The van der Waals surface area contributed by atoms with Gasteiger partial charge in [-0.2, -0.15) is 0 Å². The lowest BCUT2D eigenvalue weighted by atomic mass is 10.0. The minimum absolute atomic E-state index is 0.147. The molecule has 6 nitrogen and oxygen atoms in total. The second kappa shape index (κ2) is 8.93. The predicted molar refractivity (Wildman–Crippen MR) is 123 cm³/mol. The molecule has 4 aromatic rings. The molecule has 156 valence electrons. The summed E-state index contributed by atoms with van der Waals surface area (Å²) in [5.74, 6) is 1.13. The number of aliphatic hydroxyl groups is 1. The highest BCUT2D eigenvalue weighted by Gasteiger charge is 2.10. The van der Waals surface area contributed by atoms with E-state index in [1.54, 1.807) is 19.2 Å². The first kappa shape index (κ1) is 20.5. The maximum absolute atomic E-state index is 12.0. The number of hydrogen-bond donors (Lipinski definition) is 3. The van der Waals surface area contributed by atoms with E-state index in [0.29, 0.717) is 29.4 Å². The van der Waals surface area contributed by atoms with E-state index >= 15 is 0 Å². The Bertz CT molecular complexity index is 1220. The maximum Gasteiger partial charge on any atom is 0.254 e. The Balaban J connectivity index is 1.39. The highest BCUT2D eigenvalue weighted by Crippen LogP contribution is 2.22. The number of nitrogens with one attached hydrogen (secondary N) is 2. The van der Waals surface area contributed by atoms with Crippen LogP contribution in [0.3, 0.4) is 0 Å². The van der Waals surface area contributed by atoms with Gasteiger partial charge in [0, 0.05) is 29.6 Å². The third-order valence-corrected chi connectivity index (χ3v) is 5.31. The fourth-order valence-electron chi connectivity index (χ4n) is 3.27. The number of rotatable bonds is 6. The number of hydrogen-bond acceptors (Lipinski definition) is 5. The van der Waals surface area contributed by atoms with Gasteiger partial charge in [0.25, 0.3) is 5.56 Å². The molecule has 0 amide bonds. The zero-order valence-corrected chi connectivity index (χ0v) is 17.5. The standard InChI is InChI=1S/C25H24N4O2/c1-16-17(2)28-24(29-25(16)31)21-12-13-23(26-14-21)27-15-22(30)20-10-8-19(9-11-20)18-6-4-3-5-7-18/h3-14,22,30H,15H2,1-2H3,(H,26,27)(H,28,29,31). The van der Waals surface area contributed by atoms with Crippen LogP contribution in [0.4, 0.5) is 5.82 Å². The van der Waals surface area contributed by atoms with Crippen molar-refractivity contribution in [3.8, 4) is 22.5 Å². The summed E-state index contributed by atoms with van der Waals surface area (Å²) in [5, 5.41) is 13.7. The minimum atomic E-state index is -0.663. The van der Waals surface area contributed by atoms with Gasteiger partial charge in [0.05, 0.1) is 6.10 Å². The number of anilines is 1. The van der Waals surface area contributed by atoms with E-state index in [1.807, 2.05) is 55.5 Å². The molecule has 4 rings (SSSR count). The SMILES string of the molecule is Cc1nc(-c2ccc(NCC(O)c3ccc(-c4ccccc4)cc3)nc2)[nH]c(=O)c1C. The fourth-order valence-corrected chi connectivity index (χ4v) is 3.27. The Morgan fingerprint density at radius 3 is 2.26 bits per heavy atom. The zero-order valence-electron chi connectivity index (χ0n) is 17.5. The maximum atomic E-state index is 12.0. The smallest absolute Gasteiger partial charge is 0.254 e. The van der Waals surface area contributed by atoms with Crippen molar-refractivity contribution in [2.75, 3.05) is 11.9 Å². The largest absolute Gasteiger partial charge is 0.387 e. The predicted octanol–water partition coefficient (Wildman–Crippen LogP) is 4.26. The van der Waals surface area contributed by atoms with Crippen molar-refractivity contribution in [2.24, 2.45) is 0 Å². The van der Waals surface area contributed by atoms with Gasteiger partial charge in [-0.25, -0.2) is 9.97 Å². The lowest BCUT2D eigenvalue weighted by molar-refractivity contribution is 0.191. The van der Waals surface area contributed by atoms with Gasteiger partial charge >= 0.3 is 0 Å². The molecule has 1 unspecified atom stereocenters. The van der Waals surface area contributed by atoms with Gasteiger partial charge in [0.15, 0.2) is 0 Å². The Labute approximate surface area is 180 Å². The molecule has 0 saturated heterocycles. The number of aromatic amines is 1. The first-order valence-electron chi connectivity index (χ1n) is 10.1. The second-order valence-corrected chi connectivity index (χ2v) is 7.44. The van der Waals surface area contributed by atoms with E-state index in [1.165, 1.54) is 0 Å². The average Bonchev–Trinajstić information content (AvgIpc) is 2.81. The summed E-state index contributed by atoms with van der Waals surface area (Å²) in [4.78, 5) is 23.5. The van der Waals surface area contributed by atoms with Crippen LogP contribution in [0.1, 0.15) is 22.9 Å². The van der Waals surface area contributed by atoms with Crippen molar-refractivity contribution in [3.63, 3.8) is 0 Å². The molecule has 31 heavy (non-hydrogen) atoms. The van der Waals surface area contributed by atoms with E-state index in [0.717, 1.165) is 22.3 Å². The molecule has 1 atom stereocenters. The Morgan fingerprint density at radius 1 is 0.935 bits per heavy atom. The average molecular weight is 412 g/mol. The Hall–Kier alpha value is -3.77. The zero-order chi connectivity index (χ0) is 21.8. The van der Waals surface area contributed by atoms with Crippen molar-refractivity contribution >= 4 is 5.82 Å². The van der Waals surface area contributed by atoms with Gasteiger partial charge in [0.2, 0.25) is 0 Å². The van der Waals surface area contributed by atoms with Gasteiger partial charge < -0.3 is 15.4 Å². The molecule has 3 N–H and O–H groups in total. The number of aryl methyl sites for hydroxylation is 1. The fraction of sp³-hybridized carbons (Fsp3) is 0.160. The molecule has 2 heterocycles.